The van der Waals surface area contributed by atoms with Crippen LogP contribution >= 0.6 is 0 Å². The van der Waals surface area contributed by atoms with Gasteiger partial charge in [-0.3, -0.25) is 4.90 Å². The molecule has 16 heavy (non-hydrogen) atoms. The van der Waals surface area contributed by atoms with E-state index in [1.165, 1.54) is 5.56 Å². The predicted molar refractivity (Wildman–Crippen MR) is 66.9 cm³/mol. The number of nitrogens with two attached hydrogens (primary N) is 1. The number of nitrogens with zero attached hydrogens (tertiary/aromatic N) is 1. The Labute approximate surface area is 97.4 Å². The normalized spacial score (nSPS) is 18.2. The van der Waals surface area contributed by atoms with Crippen molar-refractivity contribution in [2.45, 2.75) is 25.4 Å². The van der Waals surface area contributed by atoms with Gasteiger partial charge in [-0.15, -0.1) is 6.42 Å². The van der Waals surface area contributed by atoms with Gasteiger partial charge in [0.1, 0.15) is 0 Å². The fourth-order valence-corrected chi connectivity index (χ4v) is 2.13. The van der Waals surface area contributed by atoms with Gasteiger partial charge in [-0.2, -0.15) is 0 Å². The zero-order valence-electron chi connectivity index (χ0n) is 9.52. The molecule has 0 aromatic heterocycles. The summed E-state index contributed by atoms with van der Waals surface area (Å²) in [7, 11) is 0. The molecule has 0 aliphatic carbocycles. The number of hydrogen-bond donors (Lipinski definition) is 1. The minimum Gasteiger partial charge on any atom is -0.328 e. The van der Waals surface area contributed by atoms with Crippen LogP contribution in [-0.4, -0.2) is 24.0 Å². The molecule has 1 aliphatic heterocycles. The molecule has 1 aliphatic rings. The molecule has 84 valence electrons. The van der Waals surface area contributed by atoms with Crippen LogP contribution in [0.3, 0.4) is 0 Å². The monoisotopic (exact) mass is 214 g/mol. The van der Waals surface area contributed by atoms with Crippen LogP contribution in [0.15, 0.2) is 24.3 Å². The summed E-state index contributed by atoms with van der Waals surface area (Å²) in [6.45, 7) is 3.19. The Kier molecular flexibility index (Phi) is 3.61. The summed E-state index contributed by atoms with van der Waals surface area (Å²) in [5.74, 6) is 2.67. The average molecular weight is 214 g/mol. The highest BCUT2D eigenvalue weighted by Gasteiger charge is 2.15. The van der Waals surface area contributed by atoms with Crippen molar-refractivity contribution < 1.29 is 0 Å². The third-order valence-electron chi connectivity index (χ3n) is 3.13. The van der Waals surface area contributed by atoms with E-state index in [9.17, 15) is 0 Å². The molecule has 1 saturated heterocycles. The summed E-state index contributed by atoms with van der Waals surface area (Å²) in [5.41, 5.74) is 8.14. The fraction of sp³-hybridized carbons (Fsp3) is 0.429. The third-order valence-corrected chi connectivity index (χ3v) is 3.13. The Morgan fingerprint density at radius 1 is 1.38 bits per heavy atom. The van der Waals surface area contributed by atoms with Gasteiger partial charge in [0.25, 0.3) is 0 Å². The number of rotatable bonds is 2. The van der Waals surface area contributed by atoms with Gasteiger partial charge in [-0.25, -0.2) is 0 Å². The molecule has 0 bridgehead atoms. The molecular formula is C14H18N2. The van der Waals surface area contributed by atoms with Crippen LogP contribution in [0.1, 0.15) is 24.0 Å². The first-order valence-corrected chi connectivity index (χ1v) is 5.81. The van der Waals surface area contributed by atoms with E-state index in [0.717, 1.165) is 38.0 Å². The van der Waals surface area contributed by atoms with E-state index in [1.54, 1.807) is 0 Å². The summed E-state index contributed by atoms with van der Waals surface area (Å²) in [4.78, 5) is 2.44. The molecule has 0 radical (unpaired) electrons. The standard InChI is InChI=1S/C14H18N2/c1-2-12-4-3-5-13(10-12)11-16-8-6-14(15)7-9-16/h1,3-5,10,14H,6-9,11,15H2. The molecule has 0 atom stereocenters. The average Bonchev–Trinajstić information content (AvgIpc) is 2.32. The van der Waals surface area contributed by atoms with E-state index >= 15 is 0 Å². The van der Waals surface area contributed by atoms with E-state index in [1.807, 2.05) is 12.1 Å². The molecule has 0 amide bonds. The first-order chi connectivity index (χ1) is 7.78. The Bertz CT molecular complexity index is 384. The van der Waals surface area contributed by atoms with Crippen molar-refractivity contribution in [1.82, 2.24) is 4.90 Å². The van der Waals surface area contributed by atoms with Gasteiger partial charge in [0.05, 0.1) is 0 Å². The molecule has 2 nitrogen and oxygen atoms in total. The zero-order chi connectivity index (χ0) is 11.4. The molecule has 2 heteroatoms. The van der Waals surface area contributed by atoms with Crippen molar-refractivity contribution in [2.75, 3.05) is 13.1 Å². The number of terminal acetylenes is 1. The van der Waals surface area contributed by atoms with Crippen molar-refractivity contribution in [2.24, 2.45) is 5.73 Å². The summed E-state index contributed by atoms with van der Waals surface area (Å²) in [6, 6.07) is 8.62. The van der Waals surface area contributed by atoms with Crippen LogP contribution in [0.25, 0.3) is 0 Å². The van der Waals surface area contributed by atoms with Crippen LogP contribution in [0.5, 0.6) is 0 Å². The molecule has 0 saturated carbocycles. The lowest BCUT2D eigenvalue weighted by Crippen LogP contribution is -2.39. The molecule has 0 unspecified atom stereocenters. The quantitative estimate of drug-likeness (QED) is 0.758. The van der Waals surface area contributed by atoms with Crippen molar-refractivity contribution in [3.8, 4) is 12.3 Å². The van der Waals surface area contributed by atoms with Crippen molar-refractivity contribution in [3.63, 3.8) is 0 Å². The Morgan fingerprint density at radius 3 is 2.81 bits per heavy atom. The Balaban J connectivity index is 1.96. The smallest absolute Gasteiger partial charge is 0.0245 e. The van der Waals surface area contributed by atoms with Crippen LogP contribution in [0.4, 0.5) is 0 Å². The van der Waals surface area contributed by atoms with Crippen LogP contribution in [0.2, 0.25) is 0 Å². The second-order valence-electron chi connectivity index (χ2n) is 4.46. The first kappa shape index (κ1) is 11.2. The number of piperidine rings is 1. The lowest BCUT2D eigenvalue weighted by Gasteiger charge is -2.30. The zero-order valence-corrected chi connectivity index (χ0v) is 9.52. The highest BCUT2D eigenvalue weighted by Crippen LogP contribution is 2.13. The van der Waals surface area contributed by atoms with E-state index in [0.29, 0.717) is 6.04 Å². The minimum atomic E-state index is 0.397. The van der Waals surface area contributed by atoms with Gasteiger partial charge >= 0.3 is 0 Å². The molecule has 1 fully saturated rings. The Hall–Kier alpha value is -1.30. The van der Waals surface area contributed by atoms with E-state index < -0.39 is 0 Å². The molecule has 1 aromatic rings. The van der Waals surface area contributed by atoms with Gasteiger partial charge in [0, 0.05) is 18.2 Å². The molecule has 2 N–H and O–H groups in total. The summed E-state index contributed by atoms with van der Waals surface area (Å²) < 4.78 is 0. The highest BCUT2D eigenvalue weighted by atomic mass is 15.1. The summed E-state index contributed by atoms with van der Waals surface area (Å²) in [6.07, 6.45) is 7.60. The highest BCUT2D eigenvalue weighted by molar-refractivity contribution is 5.35. The molecule has 1 aromatic carbocycles. The van der Waals surface area contributed by atoms with Gasteiger partial charge < -0.3 is 5.73 Å². The summed E-state index contributed by atoms with van der Waals surface area (Å²) >= 11 is 0. The van der Waals surface area contributed by atoms with E-state index in [4.69, 9.17) is 12.2 Å². The van der Waals surface area contributed by atoms with Gasteiger partial charge in [-0.05, 0) is 43.6 Å². The predicted octanol–water partition coefficient (Wildman–Crippen LogP) is 1.59. The number of likely N-dealkylation sites (tertiary alicyclic amines) is 1. The SMILES string of the molecule is C#Cc1cccc(CN2CCC(N)CC2)c1. The fourth-order valence-electron chi connectivity index (χ4n) is 2.13. The topological polar surface area (TPSA) is 29.3 Å². The summed E-state index contributed by atoms with van der Waals surface area (Å²) in [5, 5.41) is 0. The molecule has 2 rings (SSSR count). The van der Waals surface area contributed by atoms with Crippen LogP contribution < -0.4 is 5.73 Å². The van der Waals surface area contributed by atoms with Crippen molar-refractivity contribution in [3.05, 3.63) is 35.4 Å². The maximum Gasteiger partial charge on any atom is 0.0245 e. The minimum absolute atomic E-state index is 0.397. The lowest BCUT2D eigenvalue weighted by molar-refractivity contribution is 0.205. The van der Waals surface area contributed by atoms with Gasteiger partial charge in [-0.1, -0.05) is 18.1 Å². The second-order valence-corrected chi connectivity index (χ2v) is 4.46. The van der Waals surface area contributed by atoms with Gasteiger partial charge in [0.15, 0.2) is 0 Å². The Morgan fingerprint density at radius 2 is 2.12 bits per heavy atom. The van der Waals surface area contributed by atoms with Crippen molar-refractivity contribution >= 4 is 0 Å². The lowest BCUT2D eigenvalue weighted by atomic mass is 10.0. The molecule has 1 heterocycles. The van der Waals surface area contributed by atoms with Crippen molar-refractivity contribution in [1.29, 1.82) is 0 Å². The van der Waals surface area contributed by atoms with Crippen LogP contribution in [0, 0.1) is 12.3 Å². The third kappa shape index (κ3) is 2.85. The number of hydrogen-bond acceptors (Lipinski definition) is 2. The molecule has 0 spiro atoms. The largest absolute Gasteiger partial charge is 0.328 e. The first-order valence-electron chi connectivity index (χ1n) is 5.81. The van der Waals surface area contributed by atoms with E-state index in [-0.39, 0.29) is 0 Å². The second kappa shape index (κ2) is 5.16. The van der Waals surface area contributed by atoms with E-state index in [2.05, 4.69) is 23.0 Å². The van der Waals surface area contributed by atoms with Gasteiger partial charge in [0.2, 0.25) is 0 Å². The molecular weight excluding hydrogens is 196 g/mol. The maximum absolute atomic E-state index is 5.88. The van der Waals surface area contributed by atoms with Crippen LogP contribution in [-0.2, 0) is 6.54 Å². The number of benzene rings is 1. The maximum atomic E-state index is 5.88.